The molecule has 1 N–H and O–H groups in total. The average Bonchev–Trinajstić information content (AvgIpc) is 2.86. The molecule has 0 radical (unpaired) electrons. The highest BCUT2D eigenvalue weighted by Crippen LogP contribution is 2.19. The Morgan fingerprint density at radius 2 is 1.89 bits per heavy atom. The van der Waals surface area contributed by atoms with Crippen molar-refractivity contribution < 1.29 is 4.42 Å². The number of nitrogens with zero attached hydrogens (tertiary/aromatic N) is 2. The van der Waals surface area contributed by atoms with Crippen LogP contribution in [0.4, 0.5) is 6.01 Å². The summed E-state index contributed by atoms with van der Waals surface area (Å²) in [4.78, 5) is 0. The molecule has 1 atom stereocenters. The van der Waals surface area contributed by atoms with Crippen molar-refractivity contribution in [3.05, 3.63) is 41.3 Å². The van der Waals surface area contributed by atoms with E-state index in [0.717, 1.165) is 6.42 Å². The first-order valence-corrected chi connectivity index (χ1v) is 6.42. The predicted octanol–water partition coefficient (Wildman–Crippen LogP) is 3.54. The molecule has 0 saturated carbocycles. The molecule has 2 aromatic rings. The van der Waals surface area contributed by atoms with Crippen molar-refractivity contribution in [3.8, 4) is 0 Å². The average molecular weight is 266 g/mol. The highest BCUT2D eigenvalue weighted by molar-refractivity contribution is 6.20. The molecule has 1 aromatic carbocycles. The van der Waals surface area contributed by atoms with E-state index in [1.807, 2.05) is 0 Å². The van der Waals surface area contributed by atoms with Crippen molar-refractivity contribution in [1.29, 1.82) is 0 Å². The lowest BCUT2D eigenvalue weighted by Crippen LogP contribution is -1.99. The number of aryl methyl sites for hydroxylation is 1. The Hall–Kier alpha value is -1.55. The van der Waals surface area contributed by atoms with Gasteiger partial charge < -0.3 is 9.73 Å². The molecule has 0 amide bonds. The van der Waals surface area contributed by atoms with Crippen LogP contribution in [0.5, 0.6) is 0 Å². The number of anilines is 1. The number of alkyl halides is 1. The van der Waals surface area contributed by atoms with E-state index in [9.17, 15) is 0 Å². The Morgan fingerprint density at radius 3 is 2.44 bits per heavy atom. The fourth-order valence-corrected chi connectivity index (χ4v) is 1.63. The van der Waals surface area contributed by atoms with Crippen LogP contribution in [0.2, 0.25) is 0 Å². The van der Waals surface area contributed by atoms with Gasteiger partial charge in [-0.3, -0.25) is 0 Å². The zero-order valence-electron chi connectivity index (χ0n) is 10.5. The van der Waals surface area contributed by atoms with Gasteiger partial charge in [0.25, 0.3) is 0 Å². The zero-order chi connectivity index (χ0) is 13.0. The SMILES string of the molecule is CCc1ccc(CNc2nnc(C(C)Cl)o2)cc1. The van der Waals surface area contributed by atoms with Crippen LogP contribution >= 0.6 is 11.6 Å². The molecule has 5 heteroatoms. The maximum Gasteiger partial charge on any atom is 0.315 e. The minimum atomic E-state index is -0.267. The third-order valence-electron chi connectivity index (χ3n) is 2.66. The van der Waals surface area contributed by atoms with Gasteiger partial charge in [-0.15, -0.1) is 16.7 Å². The van der Waals surface area contributed by atoms with Crippen LogP contribution in [-0.4, -0.2) is 10.2 Å². The number of benzene rings is 1. The topological polar surface area (TPSA) is 51.0 Å². The van der Waals surface area contributed by atoms with Crippen LogP contribution in [0.3, 0.4) is 0 Å². The summed E-state index contributed by atoms with van der Waals surface area (Å²) >= 11 is 5.84. The first-order valence-electron chi connectivity index (χ1n) is 5.98. The quantitative estimate of drug-likeness (QED) is 0.840. The fraction of sp³-hybridized carbons (Fsp3) is 0.385. The molecule has 0 aliphatic rings. The Labute approximate surface area is 111 Å². The fourth-order valence-electron chi connectivity index (χ4n) is 1.54. The molecule has 0 aliphatic carbocycles. The Balaban J connectivity index is 1.93. The minimum absolute atomic E-state index is 0.267. The van der Waals surface area contributed by atoms with E-state index < -0.39 is 0 Å². The normalized spacial score (nSPS) is 12.4. The van der Waals surface area contributed by atoms with Crippen molar-refractivity contribution in [2.45, 2.75) is 32.2 Å². The molecule has 1 unspecified atom stereocenters. The number of aromatic nitrogens is 2. The largest absolute Gasteiger partial charge is 0.406 e. The van der Waals surface area contributed by atoms with Crippen molar-refractivity contribution in [3.63, 3.8) is 0 Å². The number of halogens is 1. The van der Waals surface area contributed by atoms with Gasteiger partial charge in [-0.25, -0.2) is 0 Å². The second-order valence-corrected chi connectivity index (χ2v) is 4.74. The summed E-state index contributed by atoms with van der Waals surface area (Å²) in [5, 5.41) is 10.5. The molecule has 1 aromatic heterocycles. The van der Waals surface area contributed by atoms with Crippen molar-refractivity contribution >= 4 is 17.6 Å². The van der Waals surface area contributed by atoms with Gasteiger partial charge in [0.05, 0.1) is 0 Å². The third-order valence-corrected chi connectivity index (χ3v) is 2.84. The lowest BCUT2D eigenvalue weighted by Gasteiger charge is -2.03. The van der Waals surface area contributed by atoms with Gasteiger partial charge in [0, 0.05) is 6.54 Å². The third kappa shape index (κ3) is 3.23. The van der Waals surface area contributed by atoms with E-state index in [1.165, 1.54) is 11.1 Å². The van der Waals surface area contributed by atoms with E-state index in [1.54, 1.807) is 6.92 Å². The molecular weight excluding hydrogens is 250 g/mol. The van der Waals surface area contributed by atoms with Gasteiger partial charge in [0.2, 0.25) is 5.89 Å². The zero-order valence-corrected chi connectivity index (χ0v) is 11.2. The highest BCUT2D eigenvalue weighted by atomic mass is 35.5. The molecule has 1 heterocycles. The highest BCUT2D eigenvalue weighted by Gasteiger charge is 2.10. The van der Waals surface area contributed by atoms with Crippen LogP contribution < -0.4 is 5.32 Å². The van der Waals surface area contributed by atoms with E-state index in [4.69, 9.17) is 16.0 Å². The van der Waals surface area contributed by atoms with E-state index in [0.29, 0.717) is 18.5 Å². The molecule has 4 nitrogen and oxygen atoms in total. The number of hydrogen-bond acceptors (Lipinski definition) is 4. The number of hydrogen-bond donors (Lipinski definition) is 1. The molecule has 0 fully saturated rings. The Morgan fingerprint density at radius 1 is 1.22 bits per heavy atom. The molecule has 0 bridgehead atoms. The minimum Gasteiger partial charge on any atom is -0.406 e. The molecule has 96 valence electrons. The van der Waals surface area contributed by atoms with Gasteiger partial charge >= 0.3 is 6.01 Å². The van der Waals surface area contributed by atoms with Crippen LogP contribution in [0.1, 0.15) is 36.2 Å². The summed E-state index contributed by atoms with van der Waals surface area (Å²) in [5.41, 5.74) is 2.50. The van der Waals surface area contributed by atoms with Gasteiger partial charge in [-0.05, 0) is 24.5 Å². The lowest BCUT2D eigenvalue weighted by atomic mass is 10.1. The van der Waals surface area contributed by atoms with Crippen molar-refractivity contribution in [2.75, 3.05) is 5.32 Å². The van der Waals surface area contributed by atoms with Gasteiger partial charge in [-0.1, -0.05) is 36.3 Å². The maximum atomic E-state index is 5.84. The van der Waals surface area contributed by atoms with Crippen LogP contribution in [0.15, 0.2) is 28.7 Å². The van der Waals surface area contributed by atoms with Crippen LogP contribution in [0, 0.1) is 0 Å². The monoisotopic (exact) mass is 265 g/mol. The predicted molar refractivity (Wildman–Crippen MR) is 71.7 cm³/mol. The number of nitrogens with one attached hydrogen (secondary N) is 1. The summed E-state index contributed by atoms with van der Waals surface area (Å²) in [5.74, 6) is 0.431. The van der Waals surface area contributed by atoms with Crippen LogP contribution in [0.25, 0.3) is 0 Å². The molecule has 0 saturated heterocycles. The molecule has 0 aliphatic heterocycles. The first kappa shape index (κ1) is 12.9. The molecule has 2 rings (SSSR count). The summed E-state index contributed by atoms with van der Waals surface area (Å²) in [7, 11) is 0. The summed E-state index contributed by atoms with van der Waals surface area (Å²) in [6.07, 6.45) is 1.05. The standard InChI is InChI=1S/C13H16ClN3O/c1-3-10-4-6-11(7-5-10)8-15-13-17-16-12(18-13)9(2)14/h4-7,9H,3,8H2,1-2H3,(H,15,17). The molecule has 18 heavy (non-hydrogen) atoms. The van der Waals surface area contributed by atoms with Crippen molar-refractivity contribution in [1.82, 2.24) is 10.2 Å². The summed E-state index contributed by atoms with van der Waals surface area (Å²) < 4.78 is 5.35. The van der Waals surface area contributed by atoms with Gasteiger partial charge in [0.1, 0.15) is 5.38 Å². The Bertz CT molecular complexity index is 493. The smallest absolute Gasteiger partial charge is 0.315 e. The van der Waals surface area contributed by atoms with Gasteiger partial charge in [0.15, 0.2) is 0 Å². The second-order valence-electron chi connectivity index (χ2n) is 4.09. The van der Waals surface area contributed by atoms with Crippen molar-refractivity contribution in [2.24, 2.45) is 0 Å². The summed E-state index contributed by atoms with van der Waals surface area (Å²) in [6, 6.07) is 8.83. The van der Waals surface area contributed by atoms with Crippen LogP contribution in [-0.2, 0) is 13.0 Å². The van der Waals surface area contributed by atoms with E-state index >= 15 is 0 Å². The van der Waals surface area contributed by atoms with Gasteiger partial charge in [-0.2, -0.15) is 0 Å². The van der Waals surface area contributed by atoms with E-state index in [-0.39, 0.29) is 5.38 Å². The lowest BCUT2D eigenvalue weighted by molar-refractivity contribution is 0.505. The first-order chi connectivity index (χ1) is 8.69. The molecule has 0 spiro atoms. The molecular formula is C13H16ClN3O. The van der Waals surface area contributed by atoms with E-state index in [2.05, 4.69) is 46.7 Å². The second kappa shape index (κ2) is 5.87. The maximum absolute atomic E-state index is 5.84. The Kier molecular flexibility index (Phi) is 4.20. The number of rotatable bonds is 5. The summed E-state index contributed by atoms with van der Waals surface area (Å²) in [6.45, 7) is 4.59.